The van der Waals surface area contributed by atoms with Gasteiger partial charge >= 0.3 is 0 Å². The van der Waals surface area contributed by atoms with Gasteiger partial charge in [0.05, 0.1) is 29.7 Å². The highest BCUT2D eigenvalue weighted by Crippen LogP contribution is 2.19. The number of ether oxygens (including phenoxy) is 1. The summed E-state index contributed by atoms with van der Waals surface area (Å²) in [5, 5.41) is 0.523. The number of aryl methyl sites for hydroxylation is 1. The van der Waals surface area contributed by atoms with Gasteiger partial charge in [-0.1, -0.05) is 25.4 Å². The minimum atomic E-state index is 0.523. The van der Waals surface area contributed by atoms with Crippen LogP contribution in [0.4, 0.5) is 11.4 Å². The quantitative estimate of drug-likeness (QED) is 0.843. The van der Waals surface area contributed by atoms with Crippen LogP contribution < -0.4 is 16.2 Å². The van der Waals surface area contributed by atoms with Crippen molar-refractivity contribution >= 4 is 23.0 Å². The molecule has 0 aliphatic heterocycles. The standard InChI is InChI=1S/C6H7ClN2.C6H8N2O.C2H6/c1-4-2-9-3-5(7)6(4)8;1-9-6-4-8-3-2-5(6)7;1-2/h2-3H,1H3,(H2,8,9);2-4H,1H3,(H2,7,8);1-2H3. The van der Waals surface area contributed by atoms with Gasteiger partial charge < -0.3 is 16.2 Å². The van der Waals surface area contributed by atoms with Crippen LogP contribution in [0.15, 0.2) is 30.9 Å². The van der Waals surface area contributed by atoms with E-state index >= 15 is 0 Å². The van der Waals surface area contributed by atoms with Gasteiger partial charge in [-0.25, -0.2) is 0 Å². The van der Waals surface area contributed by atoms with Crippen LogP contribution in [0.1, 0.15) is 19.4 Å². The number of hydrogen-bond acceptors (Lipinski definition) is 5. The summed E-state index contributed by atoms with van der Waals surface area (Å²) in [4.78, 5) is 7.64. The number of rotatable bonds is 1. The molecule has 0 saturated carbocycles. The van der Waals surface area contributed by atoms with E-state index < -0.39 is 0 Å². The summed E-state index contributed by atoms with van der Waals surface area (Å²) in [6.07, 6.45) is 6.41. The van der Waals surface area contributed by atoms with E-state index in [2.05, 4.69) is 9.97 Å². The predicted octanol–water partition coefficient (Wildman–Crippen LogP) is 3.32. The lowest BCUT2D eigenvalue weighted by molar-refractivity contribution is 0.415. The number of methoxy groups -OCH3 is 1. The molecule has 0 aromatic carbocycles. The number of halogens is 1. The van der Waals surface area contributed by atoms with Crippen LogP contribution in [-0.2, 0) is 0 Å². The Morgan fingerprint density at radius 1 is 1.10 bits per heavy atom. The van der Waals surface area contributed by atoms with Gasteiger partial charge in [0.1, 0.15) is 0 Å². The van der Waals surface area contributed by atoms with Crippen molar-refractivity contribution < 1.29 is 4.74 Å². The molecule has 0 bridgehead atoms. The van der Waals surface area contributed by atoms with Gasteiger partial charge in [-0.3, -0.25) is 9.97 Å². The lowest BCUT2D eigenvalue weighted by Gasteiger charge is -1.99. The normalized spacial score (nSPS) is 8.65. The highest BCUT2D eigenvalue weighted by Gasteiger charge is 1.96. The van der Waals surface area contributed by atoms with Crippen molar-refractivity contribution in [1.29, 1.82) is 0 Å². The minimum Gasteiger partial charge on any atom is -0.493 e. The van der Waals surface area contributed by atoms with Crippen molar-refractivity contribution in [3.63, 3.8) is 0 Å². The molecule has 0 radical (unpaired) electrons. The number of nitrogens with two attached hydrogens (primary N) is 2. The van der Waals surface area contributed by atoms with E-state index in [1.807, 2.05) is 20.8 Å². The first kappa shape index (κ1) is 18.0. The van der Waals surface area contributed by atoms with Crippen LogP contribution in [0.25, 0.3) is 0 Å². The van der Waals surface area contributed by atoms with Crippen molar-refractivity contribution in [2.75, 3.05) is 18.6 Å². The van der Waals surface area contributed by atoms with Crippen molar-refractivity contribution in [2.45, 2.75) is 20.8 Å². The summed E-state index contributed by atoms with van der Waals surface area (Å²) in [7, 11) is 1.56. The molecule has 0 fully saturated rings. The van der Waals surface area contributed by atoms with Crippen LogP contribution in [-0.4, -0.2) is 17.1 Å². The third kappa shape index (κ3) is 5.75. The van der Waals surface area contributed by atoms with Gasteiger partial charge in [0, 0.05) is 18.6 Å². The number of nitrogen functional groups attached to an aromatic ring is 2. The smallest absolute Gasteiger partial charge is 0.159 e. The molecule has 2 aromatic heterocycles. The van der Waals surface area contributed by atoms with Crippen LogP contribution in [0.5, 0.6) is 5.75 Å². The van der Waals surface area contributed by atoms with Gasteiger partial charge in [0.15, 0.2) is 5.75 Å². The minimum absolute atomic E-state index is 0.523. The van der Waals surface area contributed by atoms with Crippen molar-refractivity contribution in [1.82, 2.24) is 9.97 Å². The number of nitrogens with zero attached hydrogens (tertiary/aromatic N) is 2. The Morgan fingerprint density at radius 2 is 1.75 bits per heavy atom. The summed E-state index contributed by atoms with van der Waals surface area (Å²) in [6.45, 7) is 5.87. The number of aromatic nitrogens is 2. The van der Waals surface area contributed by atoms with Gasteiger partial charge in [-0.05, 0) is 18.6 Å². The molecule has 2 rings (SSSR count). The summed E-state index contributed by atoms with van der Waals surface area (Å²) in [5.41, 5.74) is 13.1. The van der Waals surface area contributed by atoms with E-state index in [1.54, 1.807) is 31.8 Å². The molecule has 0 atom stereocenters. The van der Waals surface area contributed by atoms with E-state index in [9.17, 15) is 0 Å². The summed E-state index contributed by atoms with van der Waals surface area (Å²) in [5.74, 6) is 0.623. The third-order valence-electron chi connectivity index (χ3n) is 2.17. The molecule has 5 nitrogen and oxygen atoms in total. The van der Waals surface area contributed by atoms with Crippen molar-refractivity contribution in [3.8, 4) is 5.75 Å². The summed E-state index contributed by atoms with van der Waals surface area (Å²) in [6, 6.07) is 1.69. The van der Waals surface area contributed by atoms with Crippen LogP contribution in [0, 0.1) is 6.92 Å². The molecule has 0 unspecified atom stereocenters. The summed E-state index contributed by atoms with van der Waals surface area (Å²) >= 11 is 5.63. The largest absolute Gasteiger partial charge is 0.493 e. The Hall–Kier alpha value is -2.01. The SMILES string of the molecule is CC.COc1cnccc1N.Cc1cncc(Cl)c1N. The fraction of sp³-hybridized carbons (Fsp3) is 0.286. The molecule has 4 N–H and O–H groups in total. The molecule has 0 amide bonds. The molecular weight excluding hydrogens is 276 g/mol. The Bertz CT molecular complexity index is 500. The number of anilines is 2. The molecule has 0 spiro atoms. The Balaban J connectivity index is 0.000000321. The van der Waals surface area contributed by atoms with Crippen LogP contribution in [0.3, 0.4) is 0 Å². The monoisotopic (exact) mass is 296 g/mol. The molecular formula is C14H21ClN4O. The lowest BCUT2D eigenvalue weighted by atomic mass is 10.3. The Kier molecular flexibility index (Phi) is 8.87. The maximum atomic E-state index is 5.63. The fourth-order valence-corrected chi connectivity index (χ4v) is 1.31. The lowest BCUT2D eigenvalue weighted by Crippen LogP contribution is -1.91. The topological polar surface area (TPSA) is 87.0 Å². The van der Waals surface area contributed by atoms with Crippen molar-refractivity contribution in [2.24, 2.45) is 0 Å². The molecule has 6 heteroatoms. The molecule has 20 heavy (non-hydrogen) atoms. The van der Waals surface area contributed by atoms with E-state index in [4.69, 9.17) is 27.8 Å². The van der Waals surface area contributed by atoms with Crippen LogP contribution >= 0.6 is 11.6 Å². The van der Waals surface area contributed by atoms with E-state index in [1.165, 1.54) is 6.20 Å². The second-order valence-electron chi connectivity index (χ2n) is 3.47. The maximum Gasteiger partial charge on any atom is 0.159 e. The van der Waals surface area contributed by atoms with Crippen LogP contribution in [0.2, 0.25) is 5.02 Å². The van der Waals surface area contributed by atoms with Gasteiger partial charge in [0.25, 0.3) is 0 Å². The number of hydrogen-bond donors (Lipinski definition) is 2. The second-order valence-corrected chi connectivity index (χ2v) is 3.88. The first-order chi connectivity index (χ1) is 9.56. The van der Waals surface area contributed by atoms with E-state index in [-0.39, 0.29) is 0 Å². The zero-order valence-corrected chi connectivity index (χ0v) is 13.0. The molecule has 0 saturated heterocycles. The first-order valence-corrected chi connectivity index (χ1v) is 6.53. The zero-order chi connectivity index (χ0) is 15.5. The second kappa shape index (κ2) is 9.86. The number of pyridine rings is 2. The van der Waals surface area contributed by atoms with Gasteiger partial charge in [-0.2, -0.15) is 0 Å². The highest BCUT2D eigenvalue weighted by atomic mass is 35.5. The molecule has 2 heterocycles. The van der Waals surface area contributed by atoms with E-state index in [0.717, 1.165) is 5.56 Å². The zero-order valence-electron chi connectivity index (χ0n) is 12.2. The average molecular weight is 297 g/mol. The average Bonchev–Trinajstić information content (AvgIpc) is 2.48. The highest BCUT2D eigenvalue weighted by molar-refractivity contribution is 6.33. The maximum absolute atomic E-state index is 5.63. The molecule has 0 aliphatic carbocycles. The van der Waals surface area contributed by atoms with Gasteiger partial charge in [0.2, 0.25) is 0 Å². The third-order valence-corrected chi connectivity index (χ3v) is 2.48. The first-order valence-electron chi connectivity index (χ1n) is 6.15. The summed E-state index contributed by atoms with van der Waals surface area (Å²) < 4.78 is 4.86. The fourth-order valence-electron chi connectivity index (χ4n) is 1.10. The Morgan fingerprint density at radius 3 is 2.15 bits per heavy atom. The molecule has 2 aromatic rings. The molecule has 0 aliphatic rings. The predicted molar refractivity (Wildman–Crippen MR) is 84.9 cm³/mol. The Labute approximate surface area is 124 Å². The van der Waals surface area contributed by atoms with E-state index in [0.29, 0.717) is 22.1 Å². The van der Waals surface area contributed by atoms with Gasteiger partial charge in [-0.15, -0.1) is 0 Å². The van der Waals surface area contributed by atoms with Crippen molar-refractivity contribution in [3.05, 3.63) is 41.4 Å². The molecule has 110 valence electrons.